The maximum absolute atomic E-state index is 12.9. The fourth-order valence-electron chi connectivity index (χ4n) is 7.91. The number of anilines is 1. The minimum atomic E-state index is -3.21. The summed E-state index contributed by atoms with van der Waals surface area (Å²) < 4.78 is 30.2. The second-order valence-corrected chi connectivity index (χ2v) is 17.3. The number of sulfonamides is 1. The van der Waals surface area contributed by atoms with Crippen LogP contribution in [0.1, 0.15) is 56.6 Å². The zero-order chi connectivity index (χ0) is 37.6. The van der Waals surface area contributed by atoms with Gasteiger partial charge < -0.3 is 35.0 Å². The fourth-order valence-corrected chi connectivity index (χ4v) is 9.18. The zero-order valence-corrected chi connectivity index (χ0v) is 32.7. The number of nitrogens with one attached hydrogen (secondary N) is 1. The summed E-state index contributed by atoms with van der Waals surface area (Å²) in [5.74, 6) is 0.210. The van der Waals surface area contributed by atoms with Gasteiger partial charge in [0.2, 0.25) is 15.9 Å². The molecule has 0 spiro atoms. The van der Waals surface area contributed by atoms with E-state index in [-0.39, 0.29) is 41.7 Å². The van der Waals surface area contributed by atoms with E-state index in [0.29, 0.717) is 69.5 Å². The van der Waals surface area contributed by atoms with Crippen molar-refractivity contribution in [3.8, 4) is 5.75 Å². The molecule has 0 saturated carbocycles. The molecule has 0 radical (unpaired) electrons. The molecule has 3 fully saturated rings. The molecule has 6 rings (SSSR count). The van der Waals surface area contributed by atoms with Crippen LogP contribution in [0, 0.1) is 11.8 Å². The molecule has 0 aromatic heterocycles. The van der Waals surface area contributed by atoms with Crippen molar-refractivity contribution in [1.29, 1.82) is 0 Å². The highest BCUT2D eigenvalue weighted by Gasteiger charge is 2.43. The molecule has 13 nitrogen and oxygen atoms in total. The van der Waals surface area contributed by atoms with Gasteiger partial charge in [-0.3, -0.25) is 4.79 Å². The quantitative estimate of drug-likeness (QED) is 0.380. The molecule has 3 saturated heterocycles. The normalized spacial score (nSPS) is 20.9. The first-order chi connectivity index (χ1) is 24.7. The van der Waals surface area contributed by atoms with Crippen molar-refractivity contribution in [2.45, 2.75) is 69.9 Å². The van der Waals surface area contributed by atoms with E-state index < -0.39 is 15.6 Å². The van der Waals surface area contributed by atoms with Gasteiger partial charge in [0.1, 0.15) is 5.75 Å². The lowest BCUT2D eigenvalue weighted by molar-refractivity contribution is -0.139. The van der Waals surface area contributed by atoms with Crippen molar-refractivity contribution in [3.05, 3.63) is 58.1 Å². The van der Waals surface area contributed by atoms with E-state index in [1.807, 2.05) is 47.1 Å². The van der Waals surface area contributed by atoms with E-state index in [9.17, 15) is 33.0 Å². The van der Waals surface area contributed by atoms with Gasteiger partial charge >= 0.3 is 12.1 Å². The average molecular weight is 807 g/mol. The Labute approximate surface area is 315 Å². The Morgan fingerprint density at radius 1 is 0.981 bits per heavy atom. The number of aromatic hydroxyl groups is 1. The Kier molecular flexibility index (Phi) is 13.1. The monoisotopic (exact) mass is 805 g/mol. The van der Waals surface area contributed by atoms with Crippen LogP contribution >= 0.6 is 15.9 Å². The molecule has 2 aromatic rings. The third kappa shape index (κ3) is 9.77. The zero-order valence-electron chi connectivity index (χ0n) is 30.3. The number of carbonyl (C=O) groups is 3. The number of rotatable bonds is 6. The molecule has 4 amide bonds. The van der Waals surface area contributed by atoms with Gasteiger partial charge in [0.15, 0.2) is 0 Å². The van der Waals surface area contributed by atoms with E-state index in [0.717, 1.165) is 43.4 Å². The number of phenolic OH excluding ortho intramolecular Hbond substituents is 1. The van der Waals surface area contributed by atoms with Crippen molar-refractivity contribution in [3.63, 3.8) is 0 Å². The second kappa shape index (κ2) is 17.2. The Balaban J connectivity index is 0.000000210. The van der Waals surface area contributed by atoms with Crippen molar-refractivity contribution in [2.24, 2.45) is 11.8 Å². The van der Waals surface area contributed by atoms with Crippen molar-refractivity contribution >= 4 is 49.7 Å². The smallest absolute Gasteiger partial charge is 0.409 e. The third-order valence-electron chi connectivity index (χ3n) is 11.1. The first-order valence-electron chi connectivity index (χ1n) is 18.1. The van der Waals surface area contributed by atoms with Gasteiger partial charge in [-0.25, -0.2) is 22.3 Å². The van der Waals surface area contributed by atoms with Crippen molar-refractivity contribution < 1.29 is 37.8 Å². The van der Waals surface area contributed by atoms with Crippen LogP contribution in [0.25, 0.3) is 0 Å². The summed E-state index contributed by atoms with van der Waals surface area (Å²) in [4.78, 5) is 42.4. The number of ether oxygens (including phenoxy) is 1. The molecule has 4 aliphatic rings. The number of phenols is 1. The van der Waals surface area contributed by atoms with Gasteiger partial charge in [0, 0.05) is 63.5 Å². The largest absolute Gasteiger partial charge is 0.507 e. The van der Waals surface area contributed by atoms with Gasteiger partial charge in [-0.1, -0.05) is 31.2 Å². The molecule has 3 N–H and O–H groups in total. The number of carbonyl (C=O) groups excluding carboxylic acids is 3. The van der Waals surface area contributed by atoms with Gasteiger partial charge in [-0.05, 0) is 103 Å². The standard InChI is InChI=1S/C21H31BrN2O5S.C16H21N3O3/c1-15(13-16-3-4-19(25)18(22)14-16)20(26)23-9-5-17(6-10-23)21(27)7-11-24(12-8-21)30(2,28)29;1-22-16(21)18-9-7-13(8-10-18)19-11-6-12-4-2-3-5-14(12)17-15(19)20/h3-4,14-15,17,25,27H,5-13H2,1-2H3;2-5,13H,6-11H2,1H3,(H,17,20)/t15-;/m1./s1. The Morgan fingerprint density at radius 3 is 2.23 bits per heavy atom. The Hall–Kier alpha value is -3.40. The second-order valence-electron chi connectivity index (χ2n) is 14.5. The van der Waals surface area contributed by atoms with Gasteiger partial charge in [0.05, 0.1) is 23.4 Å². The maximum Gasteiger partial charge on any atom is 0.409 e. The van der Waals surface area contributed by atoms with E-state index in [1.165, 1.54) is 23.2 Å². The van der Waals surface area contributed by atoms with E-state index in [4.69, 9.17) is 4.74 Å². The van der Waals surface area contributed by atoms with Crippen LogP contribution in [-0.2, 0) is 32.4 Å². The predicted molar refractivity (Wildman–Crippen MR) is 201 cm³/mol. The molecule has 15 heteroatoms. The summed E-state index contributed by atoms with van der Waals surface area (Å²) in [5, 5.41) is 23.7. The van der Waals surface area contributed by atoms with Crippen LogP contribution in [0.5, 0.6) is 5.75 Å². The highest BCUT2D eigenvalue weighted by Crippen LogP contribution is 2.37. The summed E-state index contributed by atoms with van der Waals surface area (Å²) in [6, 6.07) is 13.3. The molecule has 4 aliphatic heterocycles. The molecule has 286 valence electrons. The Morgan fingerprint density at radius 2 is 1.62 bits per heavy atom. The van der Waals surface area contributed by atoms with Crippen LogP contribution in [0.4, 0.5) is 15.3 Å². The highest BCUT2D eigenvalue weighted by molar-refractivity contribution is 9.10. The third-order valence-corrected chi connectivity index (χ3v) is 13.0. The van der Waals surface area contributed by atoms with E-state index in [1.54, 1.807) is 11.0 Å². The minimum absolute atomic E-state index is 0.0403. The Bertz CT molecular complexity index is 1690. The first-order valence-corrected chi connectivity index (χ1v) is 20.7. The van der Waals surface area contributed by atoms with Crippen molar-refractivity contribution in [1.82, 2.24) is 19.0 Å². The average Bonchev–Trinajstić information content (AvgIpc) is 3.30. The fraction of sp³-hybridized carbons (Fsp3) is 0.595. The first kappa shape index (κ1) is 39.8. The predicted octanol–water partition coefficient (Wildman–Crippen LogP) is 4.67. The summed E-state index contributed by atoms with van der Waals surface area (Å²) >= 11 is 3.31. The summed E-state index contributed by atoms with van der Waals surface area (Å²) in [6.07, 6.45) is 6.32. The SMILES string of the molecule is COC(=O)N1CCC(N2CCc3ccccc3NC2=O)CC1.C[C@H](Cc1ccc(O)c(Br)c1)C(=O)N1CCC(C2(O)CCN(S(C)(=O)=O)CC2)CC1. The molecule has 0 aliphatic carbocycles. The number of fused-ring (bicyclic) bond motifs is 1. The number of amides is 4. The lowest BCUT2D eigenvalue weighted by atomic mass is 9.75. The maximum atomic E-state index is 12.9. The lowest BCUT2D eigenvalue weighted by Crippen LogP contribution is -2.53. The van der Waals surface area contributed by atoms with Crippen LogP contribution in [-0.4, -0.2) is 126 Å². The van der Waals surface area contributed by atoms with E-state index in [2.05, 4.69) is 27.3 Å². The molecule has 0 unspecified atom stereocenters. The molecular weight excluding hydrogens is 754 g/mol. The molecule has 4 heterocycles. The molecule has 1 atom stereocenters. The lowest BCUT2D eigenvalue weighted by Gasteiger charge is -2.45. The number of hydrogen-bond donors (Lipinski definition) is 3. The minimum Gasteiger partial charge on any atom is -0.507 e. The molecule has 2 aromatic carbocycles. The summed E-state index contributed by atoms with van der Waals surface area (Å²) in [7, 11) is -1.82. The van der Waals surface area contributed by atoms with Gasteiger partial charge in [-0.2, -0.15) is 0 Å². The number of urea groups is 1. The highest BCUT2D eigenvalue weighted by atomic mass is 79.9. The van der Waals surface area contributed by atoms with Gasteiger partial charge in [0.25, 0.3) is 0 Å². The van der Waals surface area contributed by atoms with Gasteiger partial charge in [-0.15, -0.1) is 0 Å². The van der Waals surface area contributed by atoms with Crippen LogP contribution in [0.2, 0.25) is 0 Å². The summed E-state index contributed by atoms with van der Waals surface area (Å²) in [6.45, 7) is 5.84. The molecular formula is C37H52BrN5O8S. The van der Waals surface area contributed by atoms with Crippen molar-refractivity contribution in [2.75, 3.05) is 64.5 Å². The van der Waals surface area contributed by atoms with E-state index >= 15 is 0 Å². The number of aliphatic hydroxyl groups is 1. The van der Waals surface area contributed by atoms with Crippen LogP contribution < -0.4 is 5.32 Å². The topological polar surface area (TPSA) is 160 Å². The number of piperidine rings is 3. The number of benzene rings is 2. The van der Waals surface area contributed by atoms with Crippen LogP contribution in [0.3, 0.4) is 0 Å². The van der Waals surface area contributed by atoms with Crippen LogP contribution in [0.15, 0.2) is 46.9 Å². The number of methoxy groups -OCH3 is 1. The number of likely N-dealkylation sites (tertiary alicyclic amines) is 2. The number of para-hydroxylation sites is 1. The molecule has 0 bridgehead atoms. The molecule has 52 heavy (non-hydrogen) atoms. The summed E-state index contributed by atoms with van der Waals surface area (Å²) in [5.41, 5.74) is 2.22. The number of nitrogens with zero attached hydrogens (tertiary/aromatic N) is 4. The number of hydrogen-bond acceptors (Lipinski definition) is 8. The number of halogens is 1.